The van der Waals surface area contributed by atoms with Gasteiger partial charge < -0.3 is 20.1 Å². The van der Waals surface area contributed by atoms with E-state index in [-0.39, 0.29) is 18.4 Å². The number of hydrogen-bond donors (Lipinski definition) is 2. The van der Waals surface area contributed by atoms with Crippen LogP contribution in [-0.4, -0.2) is 44.8 Å². The number of halogens is 1. The van der Waals surface area contributed by atoms with Crippen LogP contribution in [0.1, 0.15) is 33.1 Å². The summed E-state index contributed by atoms with van der Waals surface area (Å²) in [6.07, 6.45) is 2.28. The fourth-order valence-corrected chi connectivity index (χ4v) is 4.17. The number of nitrogens with one attached hydrogen (secondary N) is 2. The number of amides is 2. The molecule has 2 N–H and O–H groups in total. The molecule has 2 aliphatic rings. The first-order valence-electron chi connectivity index (χ1n) is 10.1. The third kappa shape index (κ3) is 3.74. The van der Waals surface area contributed by atoms with Gasteiger partial charge in [0.15, 0.2) is 5.82 Å². The maximum Gasteiger partial charge on any atom is 0.255 e. The van der Waals surface area contributed by atoms with E-state index in [1.165, 1.54) is 0 Å². The van der Waals surface area contributed by atoms with Gasteiger partial charge in [0.25, 0.3) is 5.91 Å². The molecular weight excluding hydrogens is 416 g/mol. The molecule has 0 bridgehead atoms. The summed E-state index contributed by atoms with van der Waals surface area (Å²) in [7, 11) is 0. The summed E-state index contributed by atoms with van der Waals surface area (Å²) >= 11 is 5.98. The number of aryl methyl sites for hydroxylation is 1. The standard InChI is InChI=1S/C22H21ClN6O2/c1-13-26-17-6-7-28(12-18(17)27-13)22(31)15-8-19-21(24-9-15)25-10-20(30)29(19)11-14-2-4-16(23)5-3-14/h2-5,8-9H,6-7,10-12H2,1H3,(H,24,25)(H,26,27). The Labute approximate surface area is 184 Å². The maximum atomic E-state index is 13.2. The zero-order valence-electron chi connectivity index (χ0n) is 17.0. The van der Waals surface area contributed by atoms with Gasteiger partial charge in [-0.3, -0.25) is 9.59 Å². The van der Waals surface area contributed by atoms with Gasteiger partial charge in [-0.2, -0.15) is 0 Å². The molecule has 31 heavy (non-hydrogen) atoms. The van der Waals surface area contributed by atoms with Crippen LogP contribution in [0.2, 0.25) is 5.02 Å². The molecule has 0 radical (unpaired) electrons. The Morgan fingerprint density at radius 3 is 2.87 bits per heavy atom. The number of rotatable bonds is 3. The van der Waals surface area contributed by atoms with E-state index in [1.807, 2.05) is 19.1 Å². The van der Waals surface area contributed by atoms with Gasteiger partial charge in [-0.1, -0.05) is 23.7 Å². The predicted molar refractivity (Wildman–Crippen MR) is 117 cm³/mol. The summed E-state index contributed by atoms with van der Waals surface area (Å²) in [6, 6.07) is 9.11. The van der Waals surface area contributed by atoms with Crippen molar-refractivity contribution in [2.24, 2.45) is 0 Å². The minimum atomic E-state index is -0.113. The number of fused-ring (bicyclic) bond motifs is 2. The molecule has 2 aromatic heterocycles. The zero-order chi connectivity index (χ0) is 21.5. The van der Waals surface area contributed by atoms with Crippen molar-refractivity contribution in [1.82, 2.24) is 19.9 Å². The fraction of sp³-hybridized carbons (Fsp3) is 0.273. The Morgan fingerprint density at radius 2 is 2.06 bits per heavy atom. The van der Waals surface area contributed by atoms with Gasteiger partial charge in [0, 0.05) is 24.2 Å². The van der Waals surface area contributed by atoms with Gasteiger partial charge >= 0.3 is 0 Å². The molecule has 0 unspecified atom stereocenters. The van der Waals surface area contributed by atoms with Crippen LogP contribution in [0.15, 0.2) is 36.5 Å². The number of carbonyl (C=O) groups is 2. The van der Waals surface area contributed by atoms with Crippen molar-refractivity contribution in [3.63, 3.8) is 0 Å². The molecule has 1 aromatic carbocycles. The molecule has 158 valence electrons. The first-order chi connectivity index (χ1) is 15.0. The van der Waals surface area contributed by atoms with E-state index in [9.17, 15) is 9.59 Å². The van der Waals surface area contributed by atoms with E-state index in [1.54, 1.807) is 34.2 Å². The van der Waals surface area contributed by atoms with Crippen LogP contribution in [0.25, 0.3) is 0 Å². The van der Waals surface area contributed by atoms with Gasteiger partial charge in [-0.15, -0.1) is 0 Å². The van der Waals surface area contributed by atoms with Crippen LogP contribution in [0, 0.1) is 6.92 Å². The summed E-state index contributed by atoms with van der Waals surface area (Å²) in [6.45, 7) is 3.53. The van der Waals surface area contributed by atoms with E-state index in [0.29, 0.717) is 48.1 Å². The molecular formula is C22H21ClN6O2. The number of aromatic amines is 1. The Morgan fingerprint density at radius 1 is 1.26 bits per heavy atom. The molecule has 9 heteroatoms. The van der Waals surface area contributed by atoms with E-state index in [4.69, 9.17) is 11.6 Å². The van der Waals surface area contributed by atoms with Crippen molar-refractivity contribution in [2.75, 3.05) is 23.3 Å². The lowest BCUT2D eigenvalue weighted by Crippen LogP contribution is -2.40. The molecule has 4 heterocycles. The molecule has 0 fully saturated rings. The molecule has 8 nitrogen and oxygen atoms in total. The van der Waals surface area contributed by atoms with Gasteiger partial charge in [0.05, 0.1) is 42.3 Å². The van der Waals surface area contributed by atoms with Gasteiger partial charge in [-0.05, 0) is 30.7 Å². The van der Waals surface area contributed by atoms with Gasteiger partial charge in [0.1, 0.15) is 5.82 Å². The first-order valence-corrected chi connectivity index (χ1v) is 10.5. The van der Waals surface area contributed by atoms with Crippen LogP contribution >= 0.6 is 11.6 Å². The minimum Gasteiger partial charge on any atom is -0.359 e. The number of pyridine rings is 1. The number of hydrogen-bond acceptors (Lipinski definition) is 5. The van der Waals surface area contributed by atoms with E-state index in [2.05, 4.69) is 20.3 Å². The summed E-state index contributed by atoms with van der Waals surface area (Å²) in [5, 5.41) is 3.68. The third-order valence-electron chi connectivity index (χ3n) is 5.60. The first kappa shape index (κ1) is 19.6. The monoisotopic (exact) mass is 436 g/mol. The summed E-state index contributed by atoms with van der Waals surface area (Å²) < 4.78 is 0. The van der Waals surface area contributed by atoms with Crippen LogP contribution < -0.4 is 10.2 Å². The number of anilines is 2. The summed E-state index contributed by atoms with van der Waals surface area (Å²) in [5.74, 6) is 1.26. The lowest BCUT2D eigenvalue weighted by molar-refractivity contribution is -0.117. The van der Waals surface area contributed by atoms with Crippen LogP contribution in [0.3, 0.4) is 0 Å². The molecule has 0 saturated heterocycles. The molecule has 0 aliphatic carbocycles. The Kier molecular flexibility index (Phi) is 4.86. The molecule has 2 aliphatic heterocycles. The third-order valence-corrected chi connectivity index (χ3v) is 5.86. The van der Waals surface area contributed by atoms with Crippen molar-refractivity contribution in [3.8, 4) is 0 Å². The lowest BCUT2D eigenvalue weighted by atomic mass is 10.1. The van der Waals surface area contributed by atoms with E-state index >= 15 is 0 Å². The van der Waals surface area contributed by atoms with Crippen molar-refractivity contribution in [3.05, 3.63) is 69.9 Å². The average Bonchev–Trinajstić information content (AvgIpc) is 3.15. The topological polar surface area (TPSA) is 94.2 Å². The van der Waals surface area contributed by atoms with Crippen molar-refractivity contribution >= 4 is 34.9 Å². The summed E-state index contributed by atoms with van der Waals surface area (Å²) in [5.41, 5.74) is 4.00. The number of nitrogens with zero attached hydrogens (tertiary/aromatic N) is 4. The summed E-state index contributed by atoms with van der Waals surface area (Å²) in [4.78, 5) is 41.4. The maximum absolute atomic E-state index is 13.2. The molecule has 0 saturated carbocycles. The molecule has 0 atom stereocenters. The van der Waals surface area contributed by atoms with Crippen LogP contribution in [-0.2, 0) is 24.3 Å². The Hall–Kier alpha value is -3.39. The number of aromatic nitrogens is 3. The smallest absolute Gasteiger partial charge is 0.255 e. The van der Waals surface area contributed by atoms with Crippen LogP contribution in [0.4, 0.5) is 11.5 Å². The Bertz CT molecular complexity index is 1170. The molecule has 2 amide bonds. The minimum absolute atomic E-state index is 0.0793. The second-order valence-electron chi connectivity index (χ2n) is 7.78. The highest BCUT2D eigenvalue weighted by molar-refractivity contribution is 6.30. The number of benzene rings is 1. The van der Waals surface area contributed by atoms with Crippen molar-refractivity contribution in [2.45, 2.75) is 26.4 Å². The van der Waals surface area contributed by atoms with Crippen molar-refractivity contribution in [1.29, 1.82) is 0 Å². The molecule has 3 aromatic rings. The van der Waals surface area contributed by atoms with Gasteiger partial charge in [-0.25, -0.2) is 9.97 Å². The Balaban J connectivity index is 1.42. The van der Waals surface area contributed by atoms with Crippen molar-refractivity contribution < 1.29 is 9.59 Å². The molecule has 5 rings (SSSR count). The average molecular weight is 437 g/mol. The lowest BCUT2D eigenvalue weighted by Gasteiger charge is -2.31. The second-order valence-corrected chi connectivity index (χ2v) is 8.21. The second kappa shape index (κ2) is 7.70. The number of carbonyl (C=O) groups excluding carboxylic acids is 2. The zero-order valence-corrected chi connectivity index (χ0v) is 17.7. The van der Waals surface area contributed by atoms with E-state index < -0.39 is 0 Å². The highest BCUT2D eigenvalue weighted by Crippen LogP contribution is 2.31. The number of imidazole rings is 1. The number of H-pyrrole nitrogens is 1. The fourth-order valence-electron chi connectivity index (χ4n) is 4.04. The SMILES string of the molecule is Cc1nc2c([nH]1)CN(C(=O)c1cnc3c(c1)N(Cc1ccc(Cl)cc1)C(=O)CN3)CC2. The quantitative estimate of drug-likeness (QED) is 0.658. The molecule has 0 spiro atoms. The normalized spacial score (nSPS) is 15.4. The highest BCUT2D eigenvalue weighted by Gasteiger charge is 2.29. The highest BCUT2D eigenvalue weighted by atomic mass is 35.5. The predicted octanol–water partition coefficient (Wildman–Crippen LogP) is 2.92. The van der Waals surface area contributed by atoms with Gasteiger partial charge in [0.2, 0.25) is 5.91 Å². The largest absolute Gasteiger partial charge is 0.359 e. The van der Waals surface area contributed by atoms with Crippen LogP contribution in [0.5, 0.6) is 0 Å². The van der Waals surface area contributed by atoms with E-state index in [0.717, 1.165) is 22.8 Å².